The molecule has 3 N–H and O–H groups in total. The Bertz CT molecular complexity index is 635. The lowest BCUT2D eigenvalue weighted by atomic mass is 10.1. The average molecular weight is 269 g/mol. The summed E-state index contributed by atoms with van der Waals surface area (Å²) in [4.78, 5) is 13.4. The monoisotopic (exact) mass is 269 g/mol. The summed E-state index contributed by atoms with van der Waals surface area (Å²) in [5.41, 5.74) is 9.89. The van der Waals surface area contributed by atoms with Crippen LogP contribution in [0.25, 0.3) is 0 Å². The van der Waals surface area contributed by atoms with Crippen molar-refractivity contribution in [2.24, 2.45) is 0 Å². The SMILES string of the molecule is CC(=O)c1ccc(Nc2ccccc2N(C)C)cc1N. The van der Waals surface area contributed by atoms with Crippen molar-refractivity contribution in [3.05, 3.63) is 48.0 Å². The van der Waals surface area contributed by atoms with E-state index < -0.39 is 0 Å². The second-order valence-corrected chi connectivity index (χ2v) is 4.89. The van der Waals surface area contributed by atoms with Gasteiger partial charge in [0.05, 0.1) is 11.4 Å². The molecule has 0 amide bonds. The number of hydrogen-bond acceptors (Lipinski definition) is 4. The van der Waals surface area contributed by atoms with Crippen molar-refractivity contribution >= 4 is 28.5 Å². The predicted octanol–water partition coefficient (Wildman–Crippen LogP) is 3.28. The van der Waals surface area contributed by atoms with Crippen LogP contribution in [0.3, 0.4) is 0 Å². The largest absolute Gasteiger partial charge is 0.398 e. The van der Waals surface area contributed by atoms with Crippen LogP contribution in [0.15, 0.2) is 42.5 Å². The van der Waals surface area contributed by atoms with E-state index >= 15 is 0 Å². The van der Waals surface area contributed by atoms with Gasteiger partial charge in [-0.1, -0.05) is 12.1 Å². The molecule has 20 heavy (non-hydrogen) atoms. The molecule has 0 spiro atoms. The number of rotatable bonds is 4. The zero-order valence-electron chi connectivity index (χ0n) is 12.0. The highest BCUT2D eigenvalue weighted by atomic mass is 16.1. The lowest BCUT2D eigenvalue weighted by Crippen LogP contribution is -2.10. The maximum atomic E-state index is 11.4. The number of Topliss-reactive ketones (excluding diaryl/α,β-unsaturated/α-hetero) is 1. The van der Waals surface area contributed by atoms with E-state index in [1.807, 2.05) is 49.3 Å². The molecular weight excluding hydrogens is 250 g/mol. The quantitative estimate of drug-likeness (QED) is 0.660. The maximum absolute atomic E-state index is 11.4. The highest BCUT2D eigenvalue weighted by Gasteiger charge is 2.07. The Morgan fingerprint density at radius 2 is 1.85 bits per heavy atom. The summed E-state index contributed by atoms with van der Waals surface area (Å²) >= 11 is 0. The van der Waals surface area contributed by atoms with Crippen molar-refractivity contribution in [2.75, 3.05) is 30.0 Å². The lowest BCUT2D eigenvalue weighted by Gasteiger charge is -2.18. The van der Waals surface area contributed by atoms with Gasteiger partial charge in [-0.2, -0.15) is 0 Å². The fourth-order valence-corrected chi connectivity index (χ4v) is 2.09. The topological polar surface area (TPSA) is 58.4 Å². The van der Waals surface area contributed by atoms with Crippen LogP contribution in [-0.4, -0.2) is 19.9 Å². The second kappa shape index (κ2) is 5.65. The molecule has 0 saturated heterocycles. The minimum atomic E-state index is -0.0252. The molecule has 2 aromatic carbocycles. The number of para-hydroxylation sites is 2. The van der Waals surface area contributed by atoms with E-state index in [0.717, 1.165) is 17.1 Å². The summed E-state index contributed by atoms with van der Waals surface area (Å²) < 4.78 is 0. The van der Waals surface area contributed by atoms with Gasteiger partial charge in [-0.05, 0) is 37.3 Å². The van der Waals surface area contributed by atoms with Crippen LogP contribution in [0, 0.1) is 0 Å². The third-order valence-electron chi connectivity index (χ3n) is 3.10. The number of anilines is 4. The van der Waals surface area contributed by atoms with Crippen LogP contribution in [0.5, 0.6) is 0 Å². The molecule has 0 radical (unpaired) electrons. The fraction of sp³-hybridized carbons (Fsp3) is 0.188. The first-order valence-electron chi connectivity index (χ1n) is 6.43. The molecule has 104 valence electrons. The van der Waals surface area contributed by atoms with E-state index in [9.17, 15) is 4.79 Å². The number of nitrogen functional groups attached to an aromatic ring is 1. The maximum Gasteiger partial charge on any atom is 0.161 e. The van der Waals surface area contributed by atoms with Crippen molar-refractivity contribution in [1.82, 2.24) is 0 Å². The summed E-state index contributed by atoms with van der Waals surface area (Å²) in [6.07, 6.45) is 0. The van der Waals surface area contributed by atoms with Crippen LogP contribution < -0.4 is 16.0 Å². The zero-order valence-corrected chi connectivity index (χ0v) is 12.0. The molecule has 0 bridgehead atoms. The third-order valence-corrected chi connectivity index (χ3v) is 3.10. The van der Waals surface area contributed by atoms with E-state index in [0.29, 0.717) is 11.3 Å². The van der Waals surface area contributed by atoms with E-state index in [2.05, 4.69) is 5.32 Å². The molecule has 0 aliphatic carbocycles. The summed E-state index contributed by atoms with van der Waals surface area (Å²) in [6.45, 7) is 1.51. The van der Waals surface area contributed by atoms with Crippen LogP contribution in [-0.2, 0) is 0 Å². The standard InChI is InChI=1S/C16H19N3O/c1-11(20)13-9-8-12(10-14(13)17)18-15-6-4-5-7-16(15)19(2)3/h4-10,18H,17H2,1-3H3. The number of nitrogens with one attached hydrogen (secondary N) is 1. The molecule has 2 rings (SSSR count). The first kappa shape index (κ1) is 13.9. The highest BCUT2D eigenvalue weighted by Crippen LogP contribution is 2.28. The van der Waals surface area contributed by atoms with Gasteiger partial charge in [0.1, 0.15) is 0 Å². The molecule has 0 heterocycles. The van der Waals surface area contributed by atoms with E-state index in [-0.39, 0.29) is 5.78 Å². The molecular formula is C16H19N3O. The Labute approximate surface area is 119 Å². The molecule has 0 saturated carbocycles. The predicted molar refractivity (Wildman–Crippen MR) is 84.9 cm³/mol. The van der Waals surface area contributed by atoms with Crippen LogP contribution in [0.2, 0.25) is 0 Å². The molecule has 2 aromatic rings. The Morgan fingerprint density at radius 1 is 1.15 bits per heavy atom. The number of nitrogens with zero attached hydrogens (tertiary/aromatic N) is 1. The fourth-order valence-electron chi connectivity index (χ4n) is 2.09. The minimum absolute atomic E-state index is 0.0252. The number of carbonyl (C=O) groups is 1. The van der Waals surface area contributed by atoms with E-state index in [4.69, 9.17) is 5.73 Å². The molecule has 0 atom stereocenters. The van der Waals surface area contributed by atoms with Gasteiger partial charge in [0.2, 0.25) is 0 Å². The number of nitrogens with two attached hydrogens (primary N) is 1. The van der Waals surface area contributed by atoms with Gasteiger partial charge in [-0.25, -0.2) is 0 Å². The normalized spacial score (nSPS) is 10.2. The van der Waals surface area contributed by atoms with Crippen molar-refractivity contribution in [2.45, 2.75) is 6.92 Å². The minimum Gasteiger partial charge on any atom is -0.398 e. The summed E-state index contributed by atoms with van der Waals surface area (Å²) in [6, 6.07) is 13.4. The van der Waals surface area contributed by atoms with Gasteiger partial charge in [0.15, 0.2) is 5.78 Å². The van der Waals surface area contributed by atoms with Crippen molar-refractivity contribution < 1.29 is 4.79 Å². The summed E-state index contributed by atoms with van der Waals surface area (Å²) in [5, 5.41) is 3.33. The number of benzene rings is 2. The second-order valence-electron chi connectivity index (χ2n) is 4.89. The van der Waals surface area contributed by atoms with E-state index in [1.54, 1.807) is 12.1 Å². The Balaban J connectivity index is 2.31. The molecule has 4 heteroatoms. The van der Waals surface area contributed by atoms with Gasteiger partial charge in [0.25, 0.3) is 0 Å². The van der Waals surface area contributed by atoms with Crippen molar-refractivity contribution in [1.29, 1.82) is 0 Å². The number of hydrogen-bond donors (Lipinski definition) is 2. The van der Waals surface area contributed by atoms with Crippen molar-refractivity contribution in [3.8, 4) is 0 Å². The van der Waals surface area contributed by atoms with Crippen LogP contribution in [0.1, 0.15) is 17.3 Å². The van der Waals surface area contributed by atoms with E-state index in [1.165, 1.54) is 6.92 Å². The molecule has 0 unspecified atom stereocenters. The van der Waals surface area contributed by atoms with Crippen molar-refractivity contribution in [3.63, 3.8) is 0 Å². The van der Waals surface area contributed by atoms with Crippen LogP contribution in [0.4, 0.5) is 22.7 Å². The molecule has 0 aromatic heterocycles. The zero-order chi connectivity index (χ0) is 14.7. The molecule has 0 aliphatic rings. The summed E-state index contributed by atoms with van der Waals surface area (Å²) in [7, 11) is 3.99. The Hall–Kier alpha value is -2.49. The first-order valence-corrected chi connectivity index (χ1v) is 6.43. The third kappa shape index (κ3) is 2.91. The molecule has 4 nitrogen and oxygen atoms in total. The first-order chi connectivity index (χ1) is 9.49. The lowest BCUT2D eigenvalue weighted by molar-refractivity contribution is 0.101. The highest BCUT2D eigenvalue weighted by molar-refractivity contribution is 5.99. The van der Waals surface area contributed by atoms with Gasteiger partial charge in [0, 0.05) is 31.0 Å². The smallest absolute Gasteiger partial charge is 0.161 e. The van der Waals surface area contributed by atoms with Gasteiger partial charge < -0.3 is 16.0 Å². The Morgan fingerprint density at radius 3 is 2.45 bits per heavy atom. The number of carbonyl (C=O) groups excluding carboxylic acids is 1. The molecule has 0 fully saturated rings. The van der Waals surface area contributed by atoms with Gasteiger partial charge >= 0.3 is 0 Å². The Kier molecular flexibility index (Phi) is 3.94. The van der Waals surface area contributed by atoms with Gasteiger partial charge in [-0.3, -0.25) is 4.79 Å². The summed E-state index contributed by atoms with van der Waals surface area (Å²) in [5.74, 6) is -0.0252. The van der Waals surface area contributed by atoms with Crippen LogP contribution >= 0.6 is 0 Å². The number of ketones is 1. The average Bonchev–Trinajstić information content (AvgIpc) is 2.38. The molecule has 0 aliphatic heterocycles. The van der Waals surface area contributed by atoms with Gasteiger partial charge in [-0.15, -0.1) is 0 Å².